The van der Waals surface area contributed by atoms with Crippen molar-refractivity contribution in [1.82, 2.24) is 15.5 Å². The number of halogens is 1. The number of nitrogens with zero attached hydrogens (tertiary/aromatic N) is 1. The van der Waals surface area contributed by atoms with E-state index in [1.807, 2.05) is 24.3 Å². The molecule has 2 aromatic carbocycles. The predicted molar refractivity (Wildman–Crippen MR) is 110 cm³/mol. The minimum Gasteiger partial charge on any atom is -0.497 e. The number of methoxy groups -OCH3 is 1. The van der Waals surface area contributed by atoms with Gasteiger partial charge in [-0.3, -0.25) is 14.5 Å². The molecule has 0 saturated carbocycles. The number of hydrogen-bond donors (Lipinski definition) is 2. The molecule has 0 saturated heterocycles. The molecule has 0 radical (unpaired) electrons. The third kappa shape index (κ3) is 6.29. The van der Waals surface area contributed by atoms with Crippen LogP contribution in [0.2, 0.25) is 0 Å². The third-order valence-corrected chi connectivity index (χ3v) is 4.75. The molecular weight excluding hydrogens is 373 g/mol. The van der Waals surface area contributed by atoms with Gasteiger partial charge in [0.2, 0.25) is 5.91 Å². The number of benzene rings is 2. The van der Waals surface area contributed by atoms with E-state index in [0.29, 0.717) is 6.54 Å². The van der Waals surface area contributed by atoms with Gasteiger partial charge in [-0.1, -0.05) is 38.1 Å². The lowest BCUT2D eigenvalue weighted by Gasteiger charge is -2.30. The van der Waals surface area contributed by atoms with Crippen molar-refractivity contribution in [2.45, 2.75) is 19.9 Å². The highest BCUT2D eigenvalue weighted by Gasteiger charge is 2.20. The highest BCUT2D eigenvalue weighted by atomic mass is 19.1. The first kappa shape index (κ1) is 22.4. The molecule has 0 fully saturated rings. The summed E-state index contributed by atoms with van der Waals surface area (Å²) < 4.78 is 19.0. The fraction of sp³-hybridized carbons (Fsp3) is 0.364. The van der Waals surface area contributed by atoms with Crippen LogP contribution in [0.3, 0.4) is 0 Å². The lowest BCUT2D eigenvalue weighted by molar-refractivity contribution is -0.120. The van der Waals surface area contributed by atoms with Crippen molar-refractivity contribution in [3.05, 3.63) is 65.5 Å². The fourth-order valence-electron chi connectivity index (χ4n) is 3.15. The number of amides is 2. The molecule has 0 aromatic heterocycles. The van der Waals surface area contributed by atoms with Crippen LogP contribution in [0.1, 0.15) is 35.8 Å². The van der Waals surface area contributed by atoms with Crippen LogP contribution in [0.5, 0.6) is 5.75 Å². The maximum atomic E-state index is 13.7. The Balaban J connectivity index is 1.98. The zero-order chi connectivity index (χ0) is 21.2. The average Bonchev–Trinajstić information content (AvgIpc) is 2.75. The molecule has 6 nitrogen and oxygen atoms in total. The minimum absolute atomic E-state index is 0.0358. The Bertz CT molecular complexity index is 824. The number of carbonyl (C=O) groups excluding carboxylic acids is 2. The Morgan fingerprint density at radius 2 is 1.79 bits per heavy atom. The molecule has 2 N–H and O–H groups in total. The van der Waals surface area contributed by atoms with E-state index >= 15 is 0 Å². The number of carbonyl (C=O) groups is 2. The average molecular weight is 401 g/mol. The van der Waals surface area contributed by atoms with Crippen LogP contribution >= 0.6 is 0 Å². The topological polar surface area (TPSA) is 70.7 Å². The van der Waals surface area contributed by atoms with Crippen molar-refractivity contribution in [2.75, 3.05) is 33.3 Å². The maximum absolute atomic E-state index is 13.7. The monoisotopic (exact) mass is 401 g/mol. The van der Waals surface area contributed by atoms with Crippen LogP contribution in [-0.4, -0.2) is 50.0 Å². The predicted octanol–water partition coefficient (Wildman–Crippen LogP) is 2.76. The zero-order valence-electron chi connectivity index (χ0n) is 17.1. The summed E-state index contributed by atoms with van der Waals surface area (Å²) >= 11 is 0. The highest BCUT2D eigenvalue weighted by Crippen LogP contribution is 2.23. The highest BCUT2D eigenvalue weighted by molar-refractivity contribution is 5.96. The van der Waals surface area contributed by atoms with Gasteiger partial charge in [-0.25, -0.2) is 4.39 Å². The van der Waals surface area contributed by atoms with Crippen LogP contribution in [0.4, 0.5) is 4.39 Å². The van der Waals surface area contributed by atoms with Gasteiger partial charge in [0.15, 0.2) is 0 Å². The Kier molecular flexibility index (Phi) is 8.61. The van der Waals surface area contributed by atoms with Gasteiger partial charge in [0.05, 0.1) is 25.3 Å². The van der Waals surface area contributed by atoms with Crippen LogP contribution in [0, 0.1) is 5.82 Å². The van der Waals surface area contributed by atoms with Gasteiger partial charge < -0.3 is 15.4 Å². The number of likely N-dealkylation sites (N-methyl/N-ethyl adjacent to an activating group) is 1. The van der Waals surface area contributed by atoms with E-state index in [9.17, 15) is 14.0 Å². The lowest BCUT2D eigenvalue weighted by atomic mass is 10.0. The first-order valence-corrected chi connectivity index (χ1v) is 9.67. The van der Waals surface area contributed by atoms with Crippen LogP contribution in [-0.2, 0) is 4.79 Å². The molecule has 2 amide bonds. The molecule has 2 aromatic rings. The third-order valence-electron chi connectivity index (χ3n) is 4.75. The summed E-state index contributed by atoms with van der Waals surface area (Å²) in [5.41, 5.74) is 0.946. The summed E-state index contributed by atoms with van der Waals surface area (Å²) in [6.45, 7) is 5.91. The molecule has 1 atom stereocenters. The molecule has 1 unspecified atom stereocenters. The van der Waals surface area contributed by atoms with E-state index < -0.39 is 11.7 Å². The summed E-state index contributed by atoms with van der Waals surface area (Å²) in [5, 5.41) is 5.31. The normalized spacial score (nSPS) is 11.8. The smallest absolute Gasteiger partial charge is 0.254 e. The van der Waals surface area contributed by atoms with E-state index in [1.165, 1.54) is 18.2 Å². The van der Waals surface area contributed by atoms with Gasteiger partial charge in [-0.15, -0.1) is 0 Å². The summed E-state index contributed by atoms with van der Waals surface area (Å²) in [4.78, 5) is 26.5. The number of nitrogens with one attached hydrogen (secondary N) is 2. The molecule has 2 rings (SSSR count). The molecule has 156 valence electrons. The Morgan fingerprint density at radius 1 is 1.07 bits per heavy atom. The second-order valence-corrected chi connectivity index (χ2v) is 6.48. The summed E-state index contributed by atoms with van der Waals surface area (Å²) in [5.74, 6) is -0.825. The lowest BCUT2D eigenvalue weighted by Crippen LogP contribution is -2.42. The van der Waals surface area contributed by atoms with Crippen molar-refractivity contribution in [3.63, 3.8) is 0 Å². The fourth-order valence-corrected chi connectivity index (χ4v) is 3.15. The van der Waals surface area contributed by atoms with E-state index in [2.05, 4.69) is 29.4 Å². The SMILES string of the molecule is CCN(CC)C(CNC(=O)CNC(=O)c1ccccc1F)c1cccc(OC)c1. The summed E-state index contributed by atoms with van der Waals surface area (Å²) in [7, 11) is 1.62. The Hall–Kier alpha value is -2.93. The molecule has 0 spiro atoms. The van der Waals surface area contributed by atoms with Crippen molar-refractivity contribution < 1.29 is 18.7 Å². The molecule has 0 aliphatic heterocycles. The Labute approximate surface area is 171 Å². The summed E-state index contributed by atoms with van der Waals surface area (Å²) in [6.07, 6.45) is 0. The summed E-state index contributed by atoms with van der Waals surface area (Å²) in [6, 6.07) is 13.4. The second-order valence-electron chi connectivity index (χ2n) is 6.48. The first-order chi connectivity index (χ1) is 14.0. The van der Waals surface area contributed by atoms with E-state index in [-0.39, 0.29) is 24.1 Å². The van der Waals surface area contributed by atoms with Crippen LogP contribution in [0.25, 0.3) is 0 Å². The molecular formula is C22H28FN3O3. The number of hydrogen-bond acceptors (Lipinski definition) is 4. The first-order valence-electron chi connectivity index (χ1n) is 9.67. The van der Waals surface area contributed by atoms with Crippen LogP contribution in [0.15, 0.2) is 48.5 Å². The zero-order valence-corrected chi connectivity index (χ0v) is 17.1. The molecule has 7 heteroatoms. The van der Waals surface area contributed by atoms with Gasteiger partial charge in [-0.05, 0) is 42.9 Å². The minimum atomic E-state index is -0.620. The van der Waals surface area contributed by atoms with E-state index in [1.54, 1.807) is 13.2 Å². The van der Waals surface area contributed by atoms with Crippen molar-refractivity contribution >= 4 is 11.8 Å². The second kappa shape index (κ2) is 11.2. The van der Waals surface area contributed by atoms with E-state index in [4.69, 9.17) is 4.74 Å². The molecule has 0 bridgehead atoms. The molecule has 0 heterocycles. The van der Waals surface area contributed by atoms with E-state index in [0.717, 1.165) is 24.4 Å². The number of ether oxygens (including phenoxy) is 1. The van der Waals surface area contributed by atoms with Gasteiger partial charge in [0.1, 0.15) is 11.6 Å². The van der Waals surface area contributed by atoms with Gasteiger partial charge in [-0.2, -0.15) is 0 Å². The van der Waals surface area contributed by atoms with Crippen molar-refractivity contribution in [3.8, 4) is 5.75 Å². The Morgan fingerprint density at radius 3 is 2.45 bits per heavy atom. The number of rotatable bonds is 10. The quantitative estimate of drug-likeness (QED) is 0.642. The van der Waals surface area contributed by atoms with Crippen molar-refractivity contribution in [1.29, 1.82) is 0 Å². The van der Waals surface area contributed by atoms with Gasteiger partial charge >= 0.3 is 0 Å². The van der Waals surface area contributed by atoms with Crippen molar-refractivity contribution in [2.24, 2.45) is 0 Å². The van der Waals surface area contributed by atoms with Gasteiger partial charge in [0.25, 0.3) is 5.91 Å². The molecule has 29 heavy (non-hydrogen) atoms. The standard InChI is InChI=1S/C22H28FN3O3/c1-4-26(5-2)20(16-9-8-10-17(13-16)29-3)14-24-21(27)15-25-22(28)18-11-6-7-12-19(18)23/h6-13,20H,4-5,14-15H2,1-3H3,(H,24,27)(H,25,28). The van der Waals surface area contributed by atoms with Gasteiger partial charge in [0, 0.05) is 6.54 Å². The van der Waals surface area contributed by atoms with Crippen LogP contribution < -0.4 is 15.4 Å². The molecule has 0 aliphatic rings. The largest absolute Gasteiger partial charge is 0.497 e. The molecule has 0 aliphatic carbocycles. The maximum Gasteiger partial charge on any atom is 0.254 e.